The lowest BCUT2D eigenvalue weighted by Gasteiger charge is -2.12. The van der Waals surface area contributed by atoms with E-state index >= 15 is 0 Å². The average Bonchev–Trinajstić information content (AvgIpc) is 3.34. The highest BCUT2D eigenvalue weighted by atomic mass is 19.4. The first-order valence-electron chi connectivity index (χ1n) is 9.61. The third-order valence-corrected chi connectivity index (χ3v) is 5.55. The number of rotatable bonds is 2. The van der Waals surface area contributed by atoms with Gasteiger partial charge in [0.1, 0.15) is 0 Å². The second-order valence-corrected chi connectivity index (χ2v) is 7.40. The molecule has 2 N–H and O–H groups in total. The summed E-state index contributed by atoms with van der Waals surface area (Å²) in [4.78, 5) is 6.63. The Morgan fingerprint density at radius 2 is 1.67 bits per heavy atom. The smallest absolute Gasteiger partial charge is 0.361 e. The van der Waals surface area contributed by atoms with Crippen LogP contribution in [-0.4, -0.2) is 11.2 Å². The van der Waals surface area contributed by atoms with Crippen molar-refractivity contribution >= 4 is 34.0 Å². The van der Waals surface area contributed by atoms with Crippen LogP contribution in [0.5, 0.6) is 0 Å². The molecule has 5 rings (SSSR count). The monoisotopic (exact) mass is 403 g/mol. The maximum Gasteiger partial charge on any atom is 0.416 e. The van der Waals surface area contributed by atoms with Crippen molar-refractivity contribution in [1.29, 1.82) is 0 Å². The summed E-state index contributed by atoms with van der Waals surface area (Å²) in [7, 11) is 0. The van der Waals surface area contributed by atoms with Gasteiger partial charge in [-0.2, -0.15) is 13.2 Å². The van der Waals surface area contributed by atoms with Gasteiger partial charge in [0.25, 0.3) is 0 Å². The molecule has 30 heavy (non-hydrogen) atoms. The third kappa shape index (κ3) is 2.94. The van der Waals surface area contributed by atoms with Crippen LogP contribution < -0.4 is 4.99 Å². The molecule has 5 heteroatoms. The van der Waals surface area contributed by atoms with E-state index in [1.165, 1.54) is 0 Å². The van der Waals surface area contributed by atoms with Gasteiger partial charge in [-0.3, -0.25) is 0 Å². The van der Waals surface area contributed by atoms with Crippen molar-refractivity contribution in [3.05, 3.63) is 101 Å². The number of fused-ring (bicyclic) bond motifs is 2. The van der Waals surface area contributed by atoms with E-state index in [-0.39, 0.29) is 0 Å². The average molecular weight is 403 g/mol. The second kappa shape index (κ2) is 6.73. The van der Waals surface area contributed by atoms with Gasteiger partial charge in [0.2, 0.25) is 5.69 Å². The Balaban J connectivity index is 1.79. The molecule has 0 aliphatic carbocycles. The number of aryl methyl sites for hydroxylation is 1. The van der Waals surface area contributed by atoms with Crippen LogP contribution in [0, 0.1) is 6.92 Å². The quantitative estimate of drug-likeness (QED) is 0.458. The maximum atomic E-state index is 13.1. The lowest BCUT2D eigenvalue weighted by Crippen LogP contribution is -2.59. The first-order valence-corrected chi connectivity index (χ1v) is 9.61. The number of hydrogen-bond donors (Lipinski definition) is 2. The summed E-state index contributed by atoms with van der Waals surface area (Å²) in [5.41, 5.74) is 7.03. The van der Waals surface area contributed by atoms with Crippen LogP contribution in [0.15, 0.2) is 72.9 Å². The summed E-state index contributed by atoms with van der Waals surface area (Å²) in [6.45, 7) is 2.03. The lowest BCUT2D eigenvalue weighted by atomic mass is 9.89. The Kier molecular flexibility index (Phi) is 4.13. The number of allylic oxidation sites excluding steroid dienone is 1. The molecule has 0 atom stereocenters. The Labute approximate surface area is 171 Å². The number of benzene rings is 3. The van der Waals surface area contributed by atoms with Gasteiger partial charge in [-0.1, -0.05) is 42.5 Å². The zero-order chi connectivity index (χ0) is 20.9. The number of aromatic amines is 1. The van der Waals surface area contributed by atoms with Crippen molar-refractivity contribution in [2.45, 2.75) is 13.1 Å². The van der Waals surface area contributed by atoms with E-state index in [4.69, 9.17) is 0 Å². The van der Waals surface area contributed by atoms with Gasteiger partial charge in [-0.05, 0) is 36.8 Å². The molecule has 1 aliphatic rings. The zero-order valence-corrected chi connectivity index (χ0v) is 16.1. The highest BCUT2D eigenvalue weighted by Gasteiger charge is 2.31. The molecule has 0 bridgehead atoms. The molecule has 1 aliphatic heterocycles. The van der Waals surface area contributed by atoms with E-state index in [0.717, 1.165) is 62.1 Å². The lowest BCUT2D eigenvalue weighted by molar-refractivity contribution is -0.343. The van der Waals surface area contributed by atoms with E-state index in [0.29, 0.717) is 0 Å². The van der Waals surface area contributed by atoms with Crippen molar-refractivity contribution < 1.29 is 18.2 Å². The van der Waals surface area contributed by atoms with E-state index in [2.05, 4.69) is 9.98 Å². The fourth-order valence-electron chi connectivity index (χ4n) is 4.07. The number of H-pyrrole nitrogens is 1. The van der Waals surface area contributed by atoms with E-state index in [9.17, 15) is 13.2 Å². The number of aromatic nitrogens is 1. The predicted molar refractivity (Wildman–Crippen MR) is 114 cm³/mol. The number of nitrogens with one attached hydrogen (secondary N) is 2. The molecule has 3 aromatic carbocycles. The highest BCUT2D eigenvalue weighted by Crippen LogP contribution is 2.39. The van der Waals surface area contributed by atoms with Gasteiger partial charge < -0.3 is 4.98 Å². The van der Waals surface area contributed by atoms with E-state index in [1.54, 1.807) is 12.1 Å². The third-order valence-electron chi connectivity index (χ3n) is 5.55. The normalized spacial score (nSPS) is 14.9. The van der Waals surface area contributed by atoms with Crippen LogP contribution in [-0.2, 0) is 6.18 Å². The van der Waals surface area contributed by atoms with Crippen molar-refractivity contribution in [1.82, 2.24) is 4.98 Å². The molecular weight excluding hydrogens is 385 g/mol. The van der Waals surface area contributed by atoms with Gasteiger partial charge in [-0.15, -0.1) is 0 Å². The van der Waals surface area contributed by atoms with Crippen LogP contribution in [0.3, 0.4) is 0 Å². The zero-order valence-electron chi connectivity index (χ0n) is 16.1. The molecule has 1 aromatic heterocycles. The topological polar surface area (TPSA) is 29.8 Å². The molecule has 0 radical (unpaired) electrons. The van der Waals surface area contributed by atoms with Gasteiger partial charge in [0.05, 0.1) is 16.7 Å². The Morgan fingerprint density at radius 1 is 0.900 bits per heavy atom. The summed E-state index contributed by atoms with van der Waals surface area (Å²) in [5, 5.41) is 1.02. The Bertz CT molecular complexity index is 1320. The number of para-hydroxylation sites is 2. The molecule has 148 valence electrons. The summed E-state index contributed by atoms with van der Waals surface area (Å²) in [6.07, 6.45) is -0.504. The first-order chi connectivity index (χ1) is 14.4. The largest absolute Gasteiger partial charge is 0.416 e. The van der Waals surface area contributed by atoms with Gasteiger partial charge in [0, 0.05) is 33.8 Å². The van der Waals surface area contributed by atoms with Crippen LogP contribution in [0.1, 0.15) is 27.8 Å². The molecule has 4 aromatic rings. The van der Waals surface area contributed by atoms with Crippen molar-refractivity contribution in [3.8, 4) is 0 Å². The van der Waals surface area contributed by atoms with E-state index in [1.807, 2.05) is 61.8 Å². The number of halogens is 3. The molecule has 0 fully saturated rings. The van der Waals surface area contributed by atoms with Gasteiger partial charge in [0.15, 0.2) is 6.21 Å². The fourth-order valence-corrected chi connectivity index (χ4v) is 4.07. The second-order valence-electron chi connectivity index (χ2n) is 7.40. The standard InChI is InChI=1S/C25H17F3N2/c1-15-5-4-7-19-21(14-30-24(15)19)23(16-9-11-17(12-10-16)25(26,27)28)20-13-29-22-8-3-2-6-18(20)22/h2-14,29H,1H3/p+1. The maximum absolute atomic E-state index is 13.1. The van der Waals surface area contributed by atoms with Gasteiger partial charge in [-0.25, -0.2) is 4.99 Å². The summed E-state index contributed by atoms with van der Waals surface area (Å²) in [6, 6.07) is 19.4. The van der Waals surface area contributed by atoms with Gasteiger partial charge >= 0.3 is 6.18 Å². The molecule has 2 nitrogen and oxygen atoms in total. The minimum Gasteiger partial charge on any atom is -0.361 e. The highest BCUT2D eigenvalue weighted by molar-refractivity contribution is 6.25. The SMILES string of the molecule is Cc1cccc2c1[NH+]=CC2=C(c1ccc(C(F)(F)F)cc1)c1c[nH]c2ccccc12. The fraction of sp³-hybridized carbons (Fsp3) is 0.0800. The molecule has 0 saturated carbocycles. The first kappa shape index (κ1) is 18.4. The number of alkyl halides is 3. The van der Waals surface area contributed by atoms with Crippen LogP contribution in [0.2, 0.25) is 0 Å². The molecule has 0 saturated heterocycles. The molecule has 0 unspecified atom stereocenters. The van der Waals surface area contributed by atoms with Crippen molar-refractivity contribution in [2.75, 3.05) is 0 Å². The molecule has 0 amide bonds. The van der Waals surface area contributed by atoms with Crippen LogP contribution >= 0.6 is 0 Å². The van der Waals surface area contributed by atoms with Crippen LogP contribution in [0.25, 0.3) is 22.0 Å². The Morgan fingerprint density at radius 3 is 2.43 bits per heavy atom. The molecule has 2 heterocycles. The summed E-state index contributed by atoms with van der Waals surface area (Å²) >= 11 is 0. The Hall–Kier alpha value is -3.60. The summed E-state index contributed by atoms with van der Waals surface area (Å²) in [5.74, 6) is 0. The van der Waals surface area contributed by atoms with Crippen molar-refractivity contribution in [3.63, 3.8) is 0 Å². The summed E-state index contributed by atoms with van der Waals surface area (Å²) < 4.78 is 39.3. The van der Waals surface area contributed by atoms with Crippen LogP contribution in [0.4, 0.5) is 18.9 Å². The number of hydrogen-bond acceptors (Lipinski definition) is 0. The molecule has 0 spiro atoms. The predicted octanol–water partition coefficient (Wildman–Crippen LogP) is 5.25. The minimum atomic E-state index is -4.36. The minimum absolute atomic E-state index is 0.653. The van der Waals surface area contributed by atoms with Crippen molar-refractivity contribution in [2.24, 2.45) is 0 Å². The van der Waals surface area contributed by atoms with E-state index < -0.39 is 11.7 Å². The molecular formula is C25H18F3N2+.